The minimum atomic E-state index is -1.55. The lowest BCUT2D eigenvalue weighted by Gasteiger charge is -2.15. The molecule has 0 saturated carbocycles. The van der Waals surface area contributed by atoms with E-state index in [1.165, 1.54) is 16.2 Å². The summed E-state index contributed by atoms with van der Waals surface area (Å²) in [6.45, 7) is 0. The first kappa shape index (κ1) is 15.5. The number of benzene rings is 3. The van der Waals surface area contributed by atoms with Crippen LogP contribution in [0.5, 0.6) is 0 Å². The second kappa shape index (κ2) is 7.21. The molecule has 0 aromatic heterocycles. The molecule has 0 aliphatic carbocycles. The minimum Gasteiger partial charge on any atom is -0.0622 e. The second-order valence-electron chi connectivity index (χ2n) is 5.03. The van der Waals surface area contributed by atoms with Gasteiger partial charge in [-0.15, -0.1) is 0 Å². The van der Waals surface area contributed by atoms with Crippen molar-refractivity contribution in [2.24, 2.45) is 0 Å². The zero-order chi connectivity index (χ0) is 15.3. The van der Waals surface area contributed by atoms with Crippen molar-refractivity contribution in [1.82, 2.24) is 0 Å². The summed E-state index contributed by atoms with van der Waals surface area (Å²) >= 11 is 2.66. The Morgan fingerprint density at radius 2 is 1.00 bits per heavy atom. The van der Waals surface area contributed by atoms with Gasteiger partial charge in [0.1, 0.15) is 10.6 Å². The minimum absolute atomic E-state index is 1.25. The van der Waals surface area contributed by atoms with Crippen molar-refractivity contribution in [1.29, 1.82) is 0 Å². The molecular weight excluding hydrogens is 398 g/mol. The average molecular weight is 415 g/mol. The SMILES string of the molecule is I[P+](/C=C/c1ccccc1)(c1ccccc1)c1ccccc1. The van der Waals surface area contributed by atoms with Crippen molar-refractivity contribution in [2.45, 2.75) is 0 Å². The van der Waals surface area contributed by atoms with Gasteiger partial charge in [-0.3, -0.25) is 0 Å². The average Bonchev–Trinajstić information content (AvgIpc) is 2.62. The van der Waals surface area contributed by atoms with Crippen molar-refractivity contribution in [3.05, 3.63) is 102 Å². The summed E-state index contributed by atoms with van der Waals surface area (Å²) in [6, 6.07) is 32.1. The van der Waals surface area contributed by atoms with E-state index < -0.39 is 4.90 Å². The van der Waals surface area contributed by atoms with Crippen LogP contribution < -0.4 is 10.6 Å². The van der Waals surface area contributed by atoms with Crippen LogP contribution in [0.3, 0.4) is 0 Å². The summed E-state index contributed by atoms with van der Waals surface area (Å²) in [5, 5.41) is 2.79. The molecule has 0 heterocycles. The highest BCUT2D eigenvalue weighted by Gasteiger charge is 2.38. The van der Waals surface area contributed by atoms with Crippen LogP contribution in [-0.2, 0) is 0 Å². The van der Waals surface area contributed by atoms with E-state index in [1.807, 2.05) is 0 Å². The summed E-state index contributed by atoms with van der Waals surface area (Å²) in [4.78, 5) is -1.55. The molecule has 0 bridgehead atoms. The van der Waals surface area contributed by atoms with Crippen LogP contribution in [0.4, 0.5) is 0 Å². The Morgan fingerprint density at radius 3 is 1.45 bits per heavy atom. The topological polar surface area (TPSA) is 0 Å². The zero-order valence-electron chi connectivity index (χ0n) is 12.1. The van der Waals surface area contributed by atoms with Gasteiger partial charge in [-0.1, -0.05) is 66.7 Å². The van der Waals surface area contributed by atoms with Crippen LogP contribution in [0.15, 0.2) is 96.8 Å². The molecule has 0 aliphatic rings. The fourth-order valence-electron chi connectivity index (χ4n) is 2.36. The van der Waals surface area contributed by atoms with Gasteiger partial charge in [0, 0.05) is 0 Å². The quantitative estimate of drug-likeness (QED) is 0.380. The Balaban J connectivity index is 2.06. The Hall–Kier alpha value is -1.44. The standard InChI is InChI=1S/C20H17IP/c21-22(19-12-6-2-7-13-19,20-14-8-3-9-15-20)17-16-18-10-4-1-5-11-18/h1-17H/q+1/b17-16+. The maximum atomic E-state index is 2.66. The summed E-state index contributed by atoms with van der Waals surface area (Å²) < 4.78 is 0. The van der Waals surface area contributed by atoms with E-state index in [-0.39, 0.29) is 0 Å². The van der Waals surface area contributed by atoms with Crippen molar-refractivity contribution >= 4 is 43.6 Å². The highest BCUT2D eigenvalue weighted by Crippen LogP contribution is 2.66. The second-order valence-corrected chi connectivity index (χ2v) is 12.2. The van der Waals surface area contributed by atoms with Gasteiger partial charge in [0.15, 0.2) is 26.9 Å². The lowest BCUT2D eigenvalue weighted by molar-refractivity contribution is 1.66. The van der Waals surface area contributed by atoms with E-state index in [0.717, 1.165) is 0 Å². The monoisotopic (exact) mass is 415 g/mol. The van der Waals surface area contributed by atoms with Crippen LogP contribution in [0.1, 0.15) is 5.56 Å². The molecule has 0 unspecified atom stereocenters. The molecule has 3 aromatic rings. The van der Waals surface area contributed by atoms with Crippen LogP contribution in [0, 0.1) is 0 Å². The van der Waals surface area contributed by atoms with E-state index in [9.17, 15) is 0 Å². The molecule has 3 rings (SSSR count). The molecule has 0 nitrogen and oxygen atoms in total. The molecule has 3 aromatic carbocycles. The van der Waals surface area contributed by atoms with Gasteiger partial charge in [-0.2, -0.15) is 0 Å². The lowest BCUT2D eigenvalue weighted by atomic mass is 10.2. The predicted octanol–water partition coefficient (Wildman–Crippen LogP) is 5.68. The van der Waals surface area contributed by atoms with Gasteiger partial charge in [-0.25, -0.2) is 0 Å². The third-order valence-electron chi connectivity index (χ3n) is 3.54. The van der Waals surface area contributed by atoms with Crippen molar-refractivity contribution in [2.75, 3.05) is 0 Å². The van der Waals surface area contributed by atoms with Crippen LogP contribution in [-0.4, -0.2) is 0 Å². The largest absolute Gasteiger partial charge is 0.172 e. The van der Waals surface area contributed by atoms with Gasteiger partial charge in [0.2, 0.25) is 0 Å². The molecule has 22 heavy (non-hydrogen) atoms. The third-order valence-corrected chi connectivity index (χ3v) is 10.5. The molecule has 0 radical (unpaired) electrons. The summed E-state index contributed by atoms with van der Waals surface area (Å²) in [5.74, 6) is 2.40. The molecule has 0 saturated heterocycles. The molecule has 0 N–H and O–H groups in total. The van der Waals surface area contributed by atoms with Crippen LogP contribution in [0.2, 0.25) is 0 Å². The van der Waals surface area contributed by atoms with Gasteiger partial charge in [0.25, 0.3) is 0 Å². The first-order chi connectivity index (χ1) is 10.8. The molecule has 0 atom stereocenters. The zero-order valence-corrected chi connectivity index (χ0v) is 15.2. The van der Waals surface area contributed by atoms with Gasteiger partial charge in [0.05, 0.1) is 5.82 Å². The van der Waals surface area contributed by atoms with E-state index in [0.29, 0.717) is 0 Å². The van der Waals surface area contributed by atoms with Gasteiger partial charge < -0.3 is 0 Å². The van der Waals surface area contributed by atoms with Crippen molar-refractivity contribution in [3.63, 3.8) is 0 Å². The Morgan fingerprint density at radius 1 is 0.591 bits per heavy atom. The van der Waals surface area contributed by atoms with E-state index in [4.69, 9.17) is 0 Å². The summed E-state index contributed by atoms with van der Waals surface area (Å²) in [7, 11) is 0. The maximum absolute atomic E-state index is 2.66. The first-order valence-electron chi connectivity index (χ1n) is 7.23. The van der Waals surface area contributed by atoms with E-state index in [2.05, 4.69) is 125 Å². The Kier molecular flexibility index (Phi) is 5.07. The summed E-state index contributed by atoms with van der Waals surface area (Å²) in [6.07, 6.45) is 2.25. The molecule has 0 spiro atoms. The smallest absolute Gasteiger partial charge is 0.0622 e. The Bertz CT molecular complexity index is 697. The lowest BCUT2D eigenvalue weighted by Crippen LogP contribution is -2.15. The fraction of sp³-hybridized carbons (Fsp3) is 0. The molecule has 108 valence electrons. The Labute approximate surface area is 145 Å². The molecular formula is C20H17IP+. The molecule has 2 heteroatoms. The number of hydrogen-bond acceptors (Lipinski definition) is 0. The van der Waals surface area contributed by atoms with Crippen LogP contribution in [0.25, 0.3) is 6.08 Å². The van der Waals surface area contributed by atoms with Gasteiger partial charge in [-0.05, 0) is 35.9 Å². The normalized spacial score (nSPS) is 11.7. The third kappa shape index (κ3) is 3.48. The first-order valence-corrected chi connectivity index (χ1v) is 11.9. The summed E-state index contributed by atoms with van der Waals surface area (Å²) in [5.41, 5.74) is 1.25. The maximum Gasteiger partial charge on any atom is 0.172 e. The van der Waals surface area contributed by atoms with E-state index >= 15 is 0 Å². The van der Waals surface area contributed by atoms with Crippen molar-refractivity contribution in [3.8, 4) is 0 Å². The molecule has 0 amide bonds. The van der Waals surface area contributed by atoms with Crippen LogP contribution >= 0.6 is 26.9 Å². The number of hydrogen-bond donors (Lipinski definition) is 0. The predicted molar refractivity (Wildman–Crippen MR) is 109 cm³/mol. The van der Waals surface area contributed by atoms with Gasteiger partial charge >= 0.3 is 0 Å². The number of rotatable bonds is 4. The molecule has 0 aliphatic heterocycles. The fourth-order valence-corrected chi connectivity index (χ4v) is 7.01. The van der Waals surface area contributed by atoms with Crippen molar-refractivity contribution < 1.29 is 0 Å². The molecule has 0 fully saturated rings. The number of halogens is 1. The highest BCUT2D eigenvalue weighted by atomic mass is 127. The highest BCUT2D eigenvalue weighted by molar-refractivity contribution is 14.2. The van der Waals surface area contributed by atoms with E-state index in [1.54, 1.807) is 0 Å².